The molecule has 0 fully saturated rings. The number of halogens is 1. The molecule has 2 N–H and O–H groups in total. The molecule has 1 aromatic heterocycles. The number of ketones is 1. The van der Waals surface area contributed by atoms with Gasteiger partial charge in [0.1, 0.15) is 11.7 Å². The van der Waals surface area contributed by atoms with Crippen LogP contribution in [0, 0.1) is 6.92 Å². The third-order valence-corrected chi connectivity index (χ3v) is 6.30. The molecule has 2 aromatic rings. The first kappa shape index (κ1) is 22.3. The number of aromatic nitrogens is 2. The number of H-pyrrole nitrogens is 1. The summed E-state index contributed by atoms with van der Waals surface area (Å²) in [6.45, 7) is 7.17. The Labute approximate surface area is 179 Å². The van der Waals surface area contributed by atoms with Gasteiger partial charge in [-0.05, 0) is 51.5 Å². The maximum Gasteiger partial charge on any atom is 0.278 e. The Morgan fingerprint density at radius 2 is 1.93 bits per heavy atom. The number of alkyl halides is 1. The Bertz CT molecular complexity index is 1200. The van der Waals surface area contributed by atoms with Crippen molar-refractivity contribution in [1.29, 1.82) is 0 Å². The molecule has 0 aliphatic carbocycles. The minimum absolute atomic E-state index is 0.0191. The number of carbonyl (C=O) groups excluding carboxylic acids is 1. The maximum absolute atomic E-state index is 13.2. The summed E-state index contributed by atoms with van der Waals surface area (Å²) >= 11 is 5.83. The summed E-state index contributed by atoms with van der Waals surface area (Å²) in [6, 6.07) is 2.80. The second-order valence-corrected chi connectivity index (χ2v) is 10.5. The summed E-state index contributed by atoms with van der Waals surface area (Å²) in [5.74, 6) is -0.315. The molecule has 0 radical (unpaired) electrons. The summed E-state index contributed by atoms with van der Waals surface area (Å²) < 4.78 is 26.1. The van der Waals surface area contributed by atoms with Gasteiger partial charge in [-0.2, -0.15) is 0 Å². The highest BCUT2D eigenvalue weighted by atomic mass is 35.5. The number of aromatic amines is 1. The van der Waals surface area contributed by atoms with Crippen molar-refractivity contribution in [2.24, 2.45) is 0 Å². The highest BCUT2D eigenvalue weighted by Gasteiger charge is 2.29. The molecule has 2 heterocycles. The molecule has 0 saturated heterocycles. The molecule has 1 aliphatic rings. The molecule has 3 rings (SSSR count). The van der Waals surface area contributed by atoms with E-state index in [4.69, 9.17) is 16.4 Å². The minimum atomic E-state index is -3.60. The van der Waals surface area contributed by atoms with Crippen molar-refractivity contribution in [2.45, 2.75) is 44.2 Å². The van der Waals surface area contributed by atoms with Crippen LogP contribution in [0.2, 0.25) is 0 Å². The molecule has 0 saturated carbocycles. The number of sulfone groups is 1. The quantitative estimate of drug-likeness (QED) is 0.531. The molecule has 0 bridgehead atoms. The normalized spacial score (nSPS) is 17.0. The Kier molecular flexibility index (Phi) is 5.74. The number of nitrogens with one attached hydrogen (secondary N) is 2. The Morgan fingerprint density at radius 3 is 2.43 bits per heavy atom. The van der Waals surface area contributed by atoms with E-state index in [0.717, 1.165) is 6.26 Å². The number of carbonyl (C=O) groups is 1. The summed E-state index contributed by atoms with van der Waals surface area (Å²) in [5, 5.41) is 2.83. The van der Waals surface area contributed by atoms with Crippen LogP contribution in [-0.4, -0.2) is 42.2 Å². The Hall–Kier alpha value is -2.36. The van der Waals surface area contributed by atoms with Crippen molar-refractivity contribution >= 4 is 32.9 Å². The van der Waals surface area contributed by atoms with E-state index >= 15 is 0 Å². The van der Waals surface area contributed by atoms with Gasteiger partial charge in [-0.3, -0.25) is 19.9 Å². The molecule has 1 atom stereocenters. The van der Waals surface area contributed by atoms with Crippen LogP contribution in [0.1, 0.15) is 47.8 Å². The van der Waals surface area contributed by atoms with Crippen LogP contribution >= 0.6 is 11.6 Å². The SMILES string of the molecule is Cc1c(C(=O)c2c[nH]n(C(C)(C)C)c2=O)ccc(S(C)(=O)=O)c1C1=CC(CCl)ON1. The van der Waals surface area contributed by atoms with E-state index in [-0.39, 0.29) is 21.9 Å². The largest absolute Gasteiger partial charge is 0.302 e. The van der Waals surface area contributed by atoms with Gasteiger partial charge in [0.2, 0.25) is 0 Å². The molecule has 10 heteroatoms. The second-order valence-electron chi connectivity index (χ2n) is 8.20. The van der Waals surface area contributed by atoms with Crippen molar-refractivity contribution in [3.05, 3.63) is 57.0 Å². The van der Waals surface area contributed by atoms with E-state index in [1.165, 1.54) is 23.0 Å². The summed E-state index contributed by atoms with van der Waals surface area (Å²) in [5.41, 5.74) is 3.09. The first-order chi connectivity index (χ1) is 13.9. The summed E-state index contributed by atoms with van der Waals surface area (Å²) in [4.78, 5) is 31.3. The average Bonchev–Trinajstić information content (AvgIpc) is 3.26. The molecule has 0 amide bonds. The molecule has 1 aliphatic heterocycles. The summed E-state index contributed by atoms with van der Waals surface area (Å²) in [7, 11) is -3.60. The molecule has 162 valence electrons. The Morgan fingerprint density at radius 1 is 1.27 bits per heavy atom. The number of hydrogen-bond donors (Lipinski definition) is 2. The smallest absolute Gasteiger partial charge is 0.278 e. The lowest BCUT2D eigenvalue weighted by Crippen LogP contribution is -2.34. The van der Waals surface area contributed by atoms with Gasteiger partial charge in [0.05, 0.1) is 22.0 Å². The number of nitrogens with zero attached hydrogens (tertiary/aromatic N) is 1. The van der Waals surface area contributed by atoms with E-state index in [1.807, 2.05) is 20.8 Å². The van der Waals surface area contributed by atoms with Crippen molar-refractivity contribution in [3.63, 3.8) is 0 Å². The van der Waals surface area contributed by atoms with Crippen LogP contribution in [0.25, 0.3) is 5.70 Å². The lowest BCUT2D eigenvalue weighted by Gasteiger charge is -2.18. The average molecular weight is 454 g/mol. The highest BCUT2D eigenvalue weighted by molar-refractivity contribution is 7.90. The molecule has 0 spiro atoms. The standard InChI is InChI=1S/C20H24ClN3O5S/c1-11-13(18(25)14-10-22-24(19(14)26)20(2,3)4)6-7-16(30(5,27)28)17(11)15-8-12(9-21)29-23-15/h6-8,10,12,22-23H,9H2,1-5H3. The van der Waals surface area contributed by atoms with Gasteiger partial charge < -0.3 is 5.10 Å². The zero-order valence-corrected chi connectivity index (χ0v) is 18.9. The predicted octanol–water partition coefficient (Wildman–Crippen LogP) is 2.36. The van der Waals surface area contributed by atoms with Gasteiger partial charge in [0.25, 0.3) is 5.56 Å². The first-order valence-electron chi connectivity index (χ1n) is 9.25. The van der Waals surface area contributed by atoms with Crippen LogP contribution in [0.3, 0.4) is 0 Å². The molecule has 8 nitrogen and oxygen atoms in total. The van der Waals surface area contributed by atoms with E-state index < -0.39 is 32.8 Å². The minimum Gasteiger partial charge on any atom is -0.302 e. The monoisotopic (exact) mass is 453 g/mol. The lowest BCUT2D eigenvalue weighted by molar-refractivity contribution is 0.0643. The number of benzene rings is 1. The second kappa shape index (κ2) is 7.72. The zero-order chi connectivity index (χ0) is 22.4. The van der Waals surface area contributed by atoms with Crippen LogP contribution < -0.4 is 11.0 Å². The fraction of sp³-hybridized carbons (Fsp3) is 0.400. The molecular weight excluding hydrogens is 430 g/mol. The maximum atomic E-state index is 13.2. The van der Waals surface area contributed by atoms with Gasteiger partial charge in [-0.25, -0.2) is 13.1 Å². The Balaban J connectivity index is 2.19. The molecule has 30 heavy (non-hydrogen) atoms. The van der Waals surface area contributed by atoms with Crippen molar-refractivity contribution in [3.8, 4) is 0 Å². The zero-order valence-electron chi connectivity index (χ0n) is 17.4. The van der Waals surface area contributed by atoms with Crippen molar-refractivity contribution in [1.82, 2.24) is 15.3 Å². The van der Waals surface area contributed by atoms with Crippen LogP contribution in [0.4, 0.5) is 0 Å². The van der Waals surface area contributed by atoms with Gasteiger partial charge >= 0.3 is 0 Å². The van der Waals surface area contributed by atoms with E-state index in [9.17, 15) is 18.0 Å². The van der Waals surface area contributed by atoms with Gasteiger partial charge in [-0.1, -0.05) is 0 Å². The molecular formula is C20H24ClN3O5S. The fourth-order valence-corrected chi connectivity index (χ4v) is 4.46. The van der Waals surface area contributed by atoms with Gasteiger partial charge in [0.15, 0.2) is 15.6 Å². The highest BCUT2D eigenvalue weighted by Crippen LogP contribution is 2.31. The van der Waals surface area contributed by atoms with Gasteiger partial charge in [0, 0.05) is 23.6 Å². The number of rotatable bonds is 5. The van der Waals surface area contributed by atoms with Crippen LogP contribution in [-0.2, 0) is 20.2 Å². The summed E-state index contributed by atoms with van der Waals surface area (Å²) in [6.07, 6.45) is 3.70. The topological polar surface area (TPSA) is 110 Å². The van der Waals surface area contributed by atoms with E-state index in [1.54, 1.807) is 13.0 Å². The van der Waals surface area contributed by atoms with E-state index in [2.05, 4.69) is 10.6 Å². The number of hydrogen-bond acceptors (Lipinski definition) is 6. The van der Waals surface area contributed by atoms with Crippen molar-refractivity contribution < 1.29 is 18.0 Å². The third-order valence-electron chi connectivity index (χ3n) is 4.85. The van der Waals surface area contributed by atoms with Crippen LogP contribution in [0.5, 0.6) is 0 Å². The van der Waals surface area contributed by atoms with Gasteiger partial charge in [-0.15, -0.1) is 11.6 Å². The van der Waals surface area contributed by atoms with Crippen molar-refractivity contribution in [2.75, 3.05) is 12.1 Å². The van der Waals surface area contributed by atoms with Crippen LogP contribution in [0.15, 0.2) is 34.1 Å². The lowest BCUT2D eigenvalue weighted by atomic mass is 9.95. The third kappa shape index (κ3) is 3.97. The number of hydroxylamine groups is 1. The predicted molar refractivity (Wildman–Crippen MR) is 114 cm³/mol. The van der Waals surface area contributed by atoms with E-state index in [0.29, 0.717) is 16.8 Å². The molecule has 1 unspecified atom stereocenters. The first-order valence-corrected chi connectivity index (χ1v) is 11.7. The molecule has 1 aromatic carbocycles. The fourth-order valence-electron chi connectivity index (χ4n) is 3.36.